The van der Waals surface area contributed by atoms with Gasteiger partial charge in [-0.3, -0.25) is 9.59 Å². The topological polar surface area (TPSA) is 94.8 Å². The van der Waals surface area contributed by atoms with E-state index in [1.807, 2.05) is 0 Å². The molecule has 82 valence electrons. The molecule has 1 aromatic carbocycles. The number of hydrogen-bond donors (Lipinski definition) is 3. The third kappa shape index (κ3) is 8.29. The number of carbonyl (C=O) groups is 2. The van der Waals surface area contributed by atoms with Crippen molar-refractivity contribution in [3.63, 3.8) is 0 Å². The Bertz CT molecular complexity index is 324. The number of carboxylic acid groups (broad SMARTS) is 2. The Morgan fingerprint density at radius 3 is 1.87 bits per heavy atom. The van der Waals surface area contributed by atoms with Crippen molar-refractivity contribution >= 4 is 11.9 Å². The highest BCUT2D eigenvalue weighted by Crippen LogP contribution is 2.09. The van der Waals surface area contributed by atoms with Crippen molar-refractivity contribution in [2.24, 2.45) is 0 Å². The van der Waals surface area contributed by atoms with Gasteiger partial charge in [0.25, 0.3) is 5.97 Å². The summed E-state index contributed by atoms with van der Waals surface area (Å²) in [5, 5.41) is 24.6. The lowest BCUT2D eigenvalue weighted by Gasteiger charge is -1.95. The molecule has 0 bridgehead atoms. The van der Waals surface area contributed by atoms with E-state index in [-0.39, 0.29) is 12.2 Å². The molecule has 0 unspecified atom stereocenters. The predicted molar refractivity (Wildman–Crippen MR) is 52.8 cm³/mol. The van der Waals surface area contributed by atoms with Crippen LogP contribution in [0.25, 0.3) is 0 Å². The van der Waals surface area contributed by atoms with Gasteiger partial charge in [-0.2, -0.15) is 0 Å². The molecule has 5 nitrogen and oxygen atoms in total. The van der Waals surface area contributed by atoms with Crippen molar-refractivity contribution in [3.05, 3.63) is 29.8 Å². The second-order valence-corrected chi connectivity index (χ2v) is 2.76. The van der Waals surface area contributed by atoms with Gasteiger partial charge in [0.2, 0.25) is 0 Å². The van der Waals surface area contributed by atoms with Crippen LogP contribution in [0.2, 0.25) is 0 Å². The van der Waals surface area contributed by atoms with E-state index in [9.17, 15) is 4.79 Å². The molecule has 0 saturated heterocycles. The van der Waals surface area contributed by atoms with E-state index in [1.165, 1.54) is 12.1 Å². The van der Waals surface area contributed by atoms with Gasteiger partial charge >= 0.3 is 5.97 Å². The Kier molecular flexibility index (Phi) is 5.55. The zero-order chi connectivity index (χ0) is 11.8. The quantitative estimate of drug-likeness (QED) is 0.682. The maximum Gasteiger partial charge on any atom is 0.307 e. The lowest BCUT2D eigenvalue weighted by atomic mass is 10.1. The molecule has 0 radical (unpaired) electrons. The molecule has 0 aliphatic rings. The molecule has 0 fully saturated rings. The molecule has 1 aromatic rings. The number of phenols is 1. The van der Waals surface area contributed by atoms with E-state index >= 15 is 0 Å². The number of rotatable bonds is 2. The summed E-state index contributed by atoms with van der Waals surface area (Å²) in [5.74, 6) is -1.55. The molecular weight excluding hydrogens is 200 g/mol. The second-order valence-electron chi connectivity index (χ2n) is 2.76. The van der Waals surface area contributed by atoms with Gasteiger partial charge < -0.3 is 15.3 Å². The summed E-state index contributed by atoms with van der Waals surface area (Å²) in [4.78, 5) is 19.2. The number of aliphatic carboxylic acids is 2. The Hall–Kier alpha value is -2.04. The predicted octanol–water partition coefficient (Wildman–Crippen LogP) is 1.11. The molecule has 15 heavy (non-hydrogen) atoms. The fourth-order valence-electron chi connectivity index (χ4n) is 0.788. The zero-order valence-electron chi connectivity index (χ0n) is 8.17. The Morgan fingerprint density at radius 1 is 1.13 bits per heavy atom. The van der Waals surface area contributed by atoms with E-state index < -0.39 is 11.9 Å². The number of phenolic OH excluding ortho intramolecular Hbond substituents is 1. The highest BCUT2D eigenvalue weighted by Gasteiger charge is 1.98. The van der Waals surface area contributed by atoms with Gasteiger partial charge in [-0.1, -0.05) is 12.1 Å². The smallest absolute Gasteiger partial charge is 0.307 e. The minimum atomic E-state index is -0.865. The highest BCUT2D eigenvalue weighted by molar-refractivity contribution is 5.70. The van der Waals surface area contributed by atoms with Crippen molar-refractivity contribution in [1.82, 2.24) is 0 Å². The summed E-state index contributed by atoms with van der Waals surface area (Å²) in [6, 6.07) is 6.11. The molecule has 0 aliphatic carbocycles. The van der Waals surface area contributed by atoms with Crippen LogP contribution in [0.3, 0.4) is 0 Å². The maximum atomic E-state index is 10.2. The largest absolute Gasteiger partial charge is 0.508 e. The molecule has 0 heterocycles. The van der Waals surface area contributed by atoms with Gasteiger partial charge in [0, 0.05) is 6.92 Å². The van der Waals surface area contributed by atoms with Crippen LogP contribution in [0.15, 0.2) is 24.3 Å². The lowest BCUT2D eigenvalue weighted by Crippen LogP contribution is -1.98. The monoisotopic (exact) mass is 212 g/mol. The van der Waals surface area contributed by atoms with E-state index in [4.69, 9.17) is 20.1 Å². The Balaban J connectivity index is 0.000000423. The molecule has 3 N–H and O–H groups in total. The van der Waals surface area contributed by atoms with Crippen LogP contribution in [0, 0.1) is 0 Å². The SMILES string of the molecule is CC(=O)O.O=C(O)Cc1ccc(O)cc1. The van der Waals surface area contributed by atoms with Gasteiger partial charge in [-0.15, -0.1) is 0 Å². The summed E-state index contributed by atoms with van der Waals surface area (Å²) in [6.07, 6.45) is 0.000278. The van der Waals surface area contributed by atoms with Crippen LogP contribution < -0.4 is 0 Å². The Labute approximate surface area is 86.6 Å². The summed E-state index contributed by atoms with van der Waals surface area (Å²) >= 11 is 0. The molecule has 0 atom stereocenters. The molecule has 5 heteroatoms. The van der Waals surface area contributed by atoms with Gasteiger partial charge in [0.05, 0.1) is 6.42 Å². The summed E-state index contributed by atoms with van der Waals surface area (Å²) in [5.41, 5.74) is 0.690. The summed E-state index contributed by atoms with van der Waals surface area (Å²) < 4.78 is 0. The van der Waals surface area contributed by atoms with Crippen LogP contribution in [-0.2, 0) is 16.0 Å². The van der Waals surface area contributed by atoms with Gasteiger partial charge in [0.15, 0.2) is 0 Å². The van der Waals surface area contributed by atoms with E-state index in [0.29, 0.717) is 5.56 Å². The number of aromatic hydroxyl groups is 1. The van der Waals surface area contributed by atoms with Gasteiger partial charge in [0.1, 0.15) is 5.75 Å². The van der Waals surface area contributed by atoms with Crippen LogP contribution in [-0.4, -0.2) is 27.3 Å². The molecule has 1 rings (SSSR count). The second kappa shape index (κ2) is 6.42. The van der Waals surface area contributed by atoms with E-state index in [0.717, 1.165) is 6.92 Å². The van der Waals surface area contributed by atoms with Gasteiger partial charge in [-0.05, 0) is 17.7 Å². The third-order valence-corrected chi connectivity index (χ3v) is 1.29. The number of hydrogen-bond acceptors (Lipinski definition) is 3. The number of carboxylic acids is 2. The Morgan fingerprint density at radius 2 is 1.53 bits per heavy atom. The van der Waals surface area contributed by atoms with Crippen molar-refractivity contribution in [1.29, 1.82) is 0 Å². The zero-order valence-corrected chi connectivity index (χ0v) is 8.17. The third-order valence-electron chi connectivity index (χ3n) is 1.29. The van der Waals surface area contributed by atoms with Crippen LogP contribution in [0.5, 0.6) is 5.75 Å². The summed E-state index contributed by atoms with van der Waals surface area (Å²) in [7, 11) is 0. The average Bonchev–Trinajstić information content (AvgIpc) is 2.07. The molecule has 0 aromatic heterocycles. The minimum Gasteiger partial charge on any atom is -0.508 e. The first-order valence-electron chi connectivity index (χ1n) is 4.11. The number of benzene rings is 1. The molecule has 0 saturated carbocycles. The molecule has 0 spiro atoms. The first-order chi connectivity index (χ1) is 6.91. The normalized spacial score (nSPS) is 8.60. The first kappa shape index (κ1) is 13.0. The van der Waals surface area contributed by atoms with Crippen LogP contribution in [0.1, 0.15) is 12.5 Å². The molecule has 0 amide bonds. The van der Waals surface area contributed by atoms with E-state index in [1.54, 1.807) is 12.1 Å². The lowest BCUT2D eigenvalue weighted by molar-refractivity contribution is -0.136. The highest BCUT2D eigenvalue weighted by atomic mass is 16.4. The summed E-state index contributed by atoms with van der Waals surface area (Å²) in [6.45, 7) is 1.08. The van der Waals surface area contributed by atoms with E-state index in [2.05, 4.69) is 0 Å². The first-order valence-corrected chi connectivity index (χ1v) is 4.11. The van der Waals surface area contributed by atoms with Crippen LogP contribution in [0.4, 0.5) is 0 Å². The fraction of sp³-hybridized carbons (Fsp3) is 0.200. The van der Waals surface area contributed by atoms with Crippen molar-refractivity contribution < 1.29 is 24.9 Å². The molecular formula is C10H12O5. The standard InChI is InChI=1S/C8H8O3.C2H4O2/c9-7-3-1-6(2-4-7)5-8(10)11;1-2(3)4/h1-4,9H,5H2,(H,10,11);1H3,(H,3,4). The average molecular weight is 212 g/mol. The fourth-order valence-corrected chi connectivity index (χ4v) is 0.788. The van der Waals surface area contributed by atoms with Gasteiger partial charge in [-0.25, -0.2) is 0 Å². The molecule has 0 aliphatic heterocycles. The van der Waals surface area contributed by atoms with Crippen molar-refractivity contribution in [3.8, 4) is 5.75 Å². The maximum absolute atomic E-state index is 10.2. The van der Waals surface area contributed by atoms with Crippen LogP contribution >= 0.6 is 0 Å². The van der Waals surface area contributed by atoms with Crippen molar-refractivity contribution in [2.75, 3.05) is 0 Å². The minimum absolute atomic E-state index is 0.000278. The van der Waals surface area contributed by atoms with Crippen molar-refractivity contribution in [2.45, 2.75) is 13.3 Å².